The monoisotopic (exact) mass is 345 g/mol. The van der Waals surface area contributed by atoms with E-state index in [1.54, 1.807) is 18.2 Å². The van der Waals surface area contributed by atoms with E-state index in [0.29, 0.717) is 12.1 Å². The van der Waals surface area contributed by atoms with Crippen molar-refractivity contribution < 1.29 is 14.3 Å². The van der Waals surface area contributed by atoms with Gasteiger partial charge in [-0.2, -0.15) is 0 Å². The Morgan fingerprint density at radius 2 is 1.62 bits per heavy atom. The molecule has 0 saturated heterocycles. The lowest BCUT2D eigenvalue weighted by Gasteiger charge is -2.21. The van der Waals surface area contributed by atoms with Crippen LogP contribution in [-0.4, -0.2) is 25.0 Å². The van der Waals surface area contributed by atoms with Gasteiger partial charge in [-0.15, -0.1) is 6.58 Å². The number of benzene rings is 3. The first-order valence-corrected chi connectivity index (χ1v) is 8.32. The number of rotatable bonds is 6. The molecule has 0 N–H and O–H groups in total. The summed E-state index contributed by atoms with van der Waals surface area (Å²) in [6.45, 7) is 3.70. The lowest BCUT2D eigenvalue weighted by molar-refractivity contribution is -0.121. The highest BCUT2D eigenvalue weighted by molar-refractivity contribution is 6.05. The number of fused-ring (bicyclic) bond motifs is 1. The minimum absolute atomic E-state index is 0.301. The van der Waals surface area contributed by atoms with Crippen molar-refractivity contribution in [1.29, 1.82) is 0 Å². The fourth-order valence-electron chi connectivity index (χ4n) is 2.77. The Morgan fingerprint density at radius 3 is 2.38 bits per heavy atom. The number of ether oxygens (including phenoxy) is 1. The van der Waals surface area contributed by atoms with Gasteiger partial charge < -0.3 is 9.64 Å². The summed E-state index contributed by atoms with van der Waals surface area (Å²) in [4.78, 5) is 26.5. The number of esters is 1. The van der Waals surface area contributed by atoms with Crippen molar-refractivity contribution in [2.75, 3.05) is 18.1 Å². The SMILES string of the molecule is C=CCN(C(=O)COC(=O)c1cccc2ccccc12)c1ccccc1. The fourth-order valence-corrected chi connectivity index (χ4v) is 2.77. The van der Waals surface area contributed by atoms with E-state index in [9.17, 15) is 9.59 Å². The lowest BCUT2D eigenvalue weighted by Crippen LogP contribution is -2.34. The van der Waals surface area contributed by atoms with Crippen molar-refractivity contribution in [3.05, 3.63) is 91.0 Å². The van der Waals surface area contributed by atoms with Crippen LogP contribution in [0.5, 0.6) is 0 Å². The van der Waals surface area contributed by atoms with Crippen LogP contribution in [0.4, 0.5) is 5.69 Å². The topological polar surface area (TPSA) is 46.6 Å². The average Bonchev–Trinajstić information content (AvgIpc) is 2.70. The van der Waals surface area contributed by atoms with E-state index >= 15 is 0 Å². The molecule has 3 aromatic rings. The highest BCUT2D eigenvalue weighted by Crippen LogP contribution is 2.19. The number of amides is 1. The van der Waals surface area contributed by atoms with Crippen molar-refractivity contribution >= 4 is 28.3 Å². The summed E-state index contributed by atoms with van der Waals surface area (Å²) in [5.74, 6) is -0.813. The van der Waals surface area contributed by atoms with Crippen molar-refractivity contribution in [2.24, 2.45) is 0 Å². The molecule has 26 heavy (non-hydrogen) atoms. The van der Waals surface area contributed by atoms with Crippen LogP contribution in [0, 0.1) is 0 Å². The highest BCUT2D eigenvalue weighted by Gasteiger charge is 2.18. The first-order valence-electron chi connectivity index (χ1n) is 8.32. The van der Waals surface area contributed by atoms with Gasteiger partial charge in [-0.05, 0) is 29.0 Å². The summed E-state index contributed by atoms with van der Waals surface area (Å²) in [7, 11) is 0. The largest absolute Gasteiger partial charge is 0.452 e. The maximum absolute atomic E-state index is 12.5. The molecular formula is C22H19NO3. The second-order valence-corrected chi connectivity index (χ2v) is 5.73. The third kappa shape index (κ3) is 3.81. The van der Waals surface area contributed by atoms with E-state index < -0.39 is 5.97 Å². The molecule has 0 aromatic heterocycles. The molecule has 0 fully saturated rings. The fraction of sp³-hybridized carbons (Fsp3) is 0.0909. The minimum atomic E-state index is -0.512. The Bertz CT molecular complexity index is 929. The van der Waals surface area contributed by atoms with Crippen molar-refractivity contribution in [3.8, 4) is 0 Å². The summed E-state index contributed by atoms with van der Waals surface area (Å²) in [5.41, 5.74) is 1.18. The van der Waals surface area contributed by atoms with Crippen LogP contribution in [0.3, 0.4) is 0 Å². The Balaban J connectivity index is 1.73. The van der Waals surface area contributed by atoms with E-state index in [2.05, 4.69) is 6.58 Å². The van der Waals surface area contributed by atoms with Crippen LogP contribution in [0.25, 0.3) is 10.8 Å². The molecule has 4 nitrogen and oxygen atoms in total. The van der Waals surface area contributed by atoms with Gasteiger partial charge in [0.1, 0.15) is 0 Å². The number of nitrogens with zero attached hydrogens (tertiary/aromatic N) is 1. The second kappa shape index (κ2) is 8.12. The molecule has 0 bridgehead atoms. The van der Waals surface area contributed by atoms with Crippen molar-refractivity contribution in [3.63, 3.8) is 0 Å². The quantitative estimate of drug-likeness (QED) is 0.496. The molecule has 0 aliphatic rings. The third-order valence-corrected chi connectivity index (χ3v) is 4.02. The molecule has 3 rings (SSSR count). The van der Waals surface area contributed by atoms with Crippen LogP contribution in [-0.2, 0) is 9.53 Å². The summed E-state index contributed by atoms with van der Waals surface area (Å²) in [5, 5.41) is 1.75. The van der Waals surface area contributed by atoms with E-state index in [4.69, 9.17) is 4.74 Å². The molecule has 4 heteroatoms. The summed E-state index contributed by atoms with van der Waals surface area (Å²) in [6, 6.07) is 22.2. The first kappa shape index (κ1) is 17.4. The van der Waals surface area contributed by atoms with Gasteiger partial charge in [-0.25, -0.2) is 4.79 Å². The van der Waals surface area contributed by atoms with Gasteiger partial charge in [-0.3, -0.25) is 4.79 Å². The Labute approximate surface area is 152 Å². The molecule has 0 unspecified atom stereocenters. The van der Waals surface area contributed by atoms with Gasteiger partial charge >= 0.3 is 5.97 Å². The van der Waals surface area contributed by atoms with Crippen molar-refractivity contribution in [1.82, 2.24) is 0 Å². The molecule has 0 aliphatic carbocycles. The molecule has 0 saturated carbocycles. The molecule has 0 atom stereocenters. The normalized spacial score (nSPS) is 10.3. The van der Waals surface area contributed by atoms with Crippen LogP contribution in [0.1, 0.15) is 10.4 Å². The summed E-state index contributed by atoms with van der Waals surface area (Å²) >= 11 is 0. The minimum Gasteiger partial charge on any atom is -0.452 e. The van der Waals surface area contributed by atoms with Crippen LogP contribution >= 0.6 is 0 Å². The molecule has 3 aromatic carbocycles. The molecular weight excluding hydrogens is 326 g/mol. The Kier molecular flexibility index (Phi) is 5.44. The van der Waals surface area contributed by atoms with Gasteiger partial charge in [0.15, 0.2) is 6.61 Å². The van der Waals surface area contributed by atoms with Gasteiger partial charge in [0, 0.05) is 12.2 Å². The average molecular weight is 345 g/mol. The molecule has 0 spiro atoms. The van der Waals surface area contributed by atoms with Crippen LogP contribution < -0.4 is 4.90 Å². The van der Waals surface area contributed by atoms with E-state index in [1.165, 1.54) is 4.90 Å². The standard InChI is InChI=1S/C22H19NO3/c1-2-15-23(18-11-4-3-5-12-18)21(24)16-26-22(25)20-14-8-10-17-9-6-7-13-19(17)20/h2-14H,1,15-16H2. The number of para-hydroxylation sites is 1. The first-order chi connectivity index (χ1) is 12.7. The van der Waals surface area contributed by atoms with E-state index in [1.807, 2.05) is 60.7 Å². The van der Waals surface area contributed by atoms with Gasteiger partial charge in [0.2, 0.25) is 0 Å². The lowest BCUT2D eigenvalue weighted by atomic mass is 10.1. The summed E-state index contributed by atoms with van der Waals surface area (Å²) < 4.78 is 5.28. The third-order valence-electron chi connectivity index (χ3n) is 4.02. The zero-order valence-electron chi connectivity index (χ0n) is 14.3. The maximum Gasteiger partial charge on any atom is 0.339 e. The van der Waals surface area contributed by atoms with E-state index in [0.717, 1.165) is 16.5 Å². The number of hydrogen-bond donors (Lipinski definition) is 0. The van der Waals surface area contributed by atoms with Crippen molar-refractivity contribution in [2.45, 2.75) is 0 Å². The predicted octanol–water partition coefficient (Wildman–Crippen LogP) is 4.22. The molecule has 130 valence electrons. The zero-order valence-corrected chi connectivity index (χ0v) is 14.3. The van der Waals surface area contributed by atoms with Gasteiger partial charge in [-0.1, -0.05) is 60.7 Å². The summed E-state index contributed by atoms with van der Waals surface area (Å²) in [6.07, 6.45) is 1.64. The molecule has 0 heterocycles. The molecule has 0 aliphatic heterocycles. The van der Waals surface area contributed by atoms with Gasteiger partial charge in [0.05, 0.1) is 5.56 Å². The number of hydrogen-bond acceptors (Lipinski definition) is 3. The van der Waals surface area contributed by atoms with Gasteiger partial charge in [0.25, 0.3) is 5.91 Å². The predicted molar refractivity (Wildman–Crippen MR) is 103 cm³/mol. The second-order valence-electron chi connectivity index (χ2n) is 5.73. The zero-order chi connectivity index (χ0) is 18.4. The number of anilines is 1. The molecule has 1 amide bonds. The number of carbonyl (C=O) groups excluding carboxylic acids is 2. The van der Waals surface area contributed by atoms with Crippen LogP contribution in [0.2, 0.25) is 0 Å². The number of carbonyl (C=O) groups is 2. The van der Waals surface area contributed by atoms with E-state index in [-0.39, 0.29) is 12.5 Å². The Morgan fingerprint density at radius 1 is 0.923 bits per heavy atom. The Hall–Kier alpha value is -3.40. The maximum atomic E-state index is 12.5. The highest BCUT2D eigenvalue weighted by atomic mass is 16.5. The smallest absolute Gasteiger partial charge is 0.339 e. The molecule has 0 radical (unpaired) electrons. The van der Waals surface area contributed by atoms with Crippen LogP contribution in [0.15, 0.2) is 85.5 Å².